The van der Waals surface area contributed by atoms with Crippen molar-refractivity contribution < 1.29 is 4.74 Å². The third-order valence-electron chi connectivity index (χ3n) is 7.92. The summed E-state index contributed by atoms with van der Waals surface area (Å²) in [6, 6.07) is 3.94. The van der Waals surface area contributed by atoms with Gasteiger partial charge in [0.25, 0.3) is 5.82 Å². The Balaban J connectivity index is 1.44. The lowest BCUT2D eigenvalue weighted by Gasteiger charge is -2.48. The van der Waals surface area contributed by atoms with E-state index in [1.54, 1.807) is 19.2 Å². The van der Waals surface area contributed by atoms with Crippen molar-refractivity contribution in [3.05, 3.63) is 52.0 Å². The summed E-state index contributed by atoms with van der Waals surface area (Å²) >= 11 is 0. The van der Waals surface area contributed by atoms with E-state index in [-0.39, 0.29) is 23.8 Å². The van der Waals surface area contributed by atoms with Gasteiger partial charge in [-0.1, -0.05) is 20.4 Å². The number of hydrogen-bond acceptors (Lipinski definition) is 9. The molecule has 2 aliphatic heterocycles. The van der Waals surface area contributed by atoms with Crippen LogP contribution in [0.5, 0.6) is 0 Å². The SMILES string of the molecule is [C-]#[N+]c1ccc2c(n1)c(N1C[C@@H](CC)N(C(C)c3cnc(N4CCOCC4)nc3)C[C@@H]1CC)nc(=O)n2C. The normalized spacial score (nSPS) is 21.4. The van der Waals surface area contributed by atoms with Gasteiger partial charge in [-0.15, -0.1) is 4.98 Å². The van der Waals surface area contributed by atoms with Crippen LogP contribution in [0, 0.1) is 6.57 Å². The molecule has 0 aromatic carbocycles. The van der Waals surface area contributed by atoms with E-state index in [0.29, 0.717) is 42.4 Å². The molecule has 11 heteroatoms. The summed E-state index contributed by atoms with van der Waals surface area (Å²) < 4.78 is 6.94. The molecule has 3 aromatic heterocycles. The fourth-order valence-electron chi connectivity index (χ4n) is 5.54. The van der Waals surface area contributed by atoms with Crippen molar-refractivity contribution in [3.8, 4) is 0 Å². The first-order valence-electron chi connectivity index (χ1n) is 13.4. The maximum atomic E-state index is 12.8. The summed E-state index contributed by atoms with van der Waals surface area (Å²) in [5.41, 5.74) is 2.05. The van der Waals surface area contributed by atoms with Gasteiger partial charge in [-0.3, -0.25) is 9.47 Å². The maximum absolute atomic E-state index is 12.8. The molecular weight excluding hydrogens is 482 g/mol. The molecule has 200 valence electrons. The molecule has 38 heavy (non-hydrogen) atoms. The van der Waals surface area contributed by atoms with Gasteiger partial charge < -0.3 is 19.4 Å². The van der Waals surface area contributed by atoms with Crippen LogP contribution >= 0.6 is 0 Å². The van der Waals surface area contributed by atoms with E-state index < -0.39 is 0 Å². The minimum atomic E-state index is -0.318. The van der Waals surface area contributed by atoms with Crippen molar-refractivity contribution in [2.24, 2.45) is 7.05 Å². The Kier molecular flexibility index (Phi) is 7.53. The van der Waals surface area contributed by atoms with Gasteiger partial charge in [-0.05, 0) is 31.9 Å². The molecule has 2 saturated heterocycles. The van der Waals surface area contributed by atoms with Gasteiger partial charge in [-0.2, -0.15) is 4.98 Å². The summed E-state index contributed by atoms with van der Waals surface area (Å²) in [6.45, 7) is 18.5. The van der Waals surface area contributed by atoms with Crippen LogP contribution in [0.2, 0.25) is 0 Å². The molecule has 0 radical (unpaired) electrons. The predicted octanol–water partition coefficient (Wildman–Crippen LogP) is 2.95. The molecule has 0 aliphatic carbocycles. The summed E-state index contributed by atoms with van der Waals surface area (Å²) in [7, 11) is 1.69. The number of pyridine rings is 1. The summed E-state index contributed by atoms with van der Waals surface area (Å²) in [5, 5.41) is 0. The van der Waals surface area contributed by atoms with Gasteiger partial charge in [0.1, 0.15) is 0 Å². The minimum absolute atomic E-state index is 0.134. The zero-order chi connectivity index (χ0) is 26.8. The fourth-order valence-corrected chi connectivity index (χ4v) is 5.54. The van der Waals surface area contributed by atoms with Crippen LogP contribution in [0.15, 0.2) is 29.3 Å². The Morgan fingerprint density at radius 1 is 1.08 bits per heavy atom. The van der Waals surface area contributed by atoms with Crippen LogP contribution in [0.25, 0.3) is 15.9 Å². The number of piperazine rings is 1. The standard InChI is InChI=1S/C27H35N9O2/c1-6-20-17-36(25-24-22(33(5)27(37)32-25)8-9-23(28-4)31-24)21(7-2)16-35(20)18(3)19-14-29-26(30-15-19)34-10-12-38-13-11-34/h8-9,14-15,18,20-21H,6-7,10-13,16-17H2,1-3,5H3/t18?,20-,21+/m1/s1. The van der Waals surface area contributed by atoms with Gasteiger partial charge in [-0.25, -0.2) is 14.8 Å². The number of morpholine rings is 1. The van der Waals surface area contributed by atoms with E-state index in [1.807, 2.05) is 12.4 Å². The summed E-state index contributed by atoms with van der Waals surface area (Å²) in [5.74, 6) is 1.62. The van der Waals surface area contributed by atoms with Gasteiger partial charge in [0, 0.05) is 69.3 Å². The first-order valence-corrected chi connectivity index (χ1v) is 13.4. The third kappa shape index (κ3) is 4.81. The lowest BCUT2D eigenvalue weighted by molar-refractivity contribution is 0.100. The Labute approximate surface area is 222 Å². The van der Waals surface area contributed by atoms with Gasteiger partial charge >= 0.3 is 5.69 Å². The van der Waals surface area contributed by atoms with Crippen molar-refractivity contribution in [3.63, 3.8) is 0 Å². The lowest BCUT2D eigenvalue weighted by Crippen LogP contribution is -2.59. The largest absolute Gasteiger partial charge is 0.378 e. The highest BCUT2D eigenvalue weighted by molar-refractivity contribution is 5.87. The monoisotopic (exact) mass is 517 g/mol. The van der Waals surface area contributed by atoms with Gasteiger partial charge in [0.2, 0.25) is 11.5 Å². The maximum Gasteiger partial charge on any atom is 0.350 e. The molecule has 5 heterocycles. The predicted molar refractivity (Wildman–Crippen MR) is 147 cm³/mol. The van der Waals surface area contributed by atoms with Gasteiger partial charge in [0.05, 0.1) is 18.7 Å². The fraction of sp³-hybridized carbons (Fsp3) is 0.556. The molecule has 11 nitrogen and oxygen atoms in total. The van der Waals surface area contributed by atoms with Crippen LogP contribution in [-0.4, -0.2) is 80.9 Å². The van der Waals surface area contributed by atoms with Gasteiger partial charge in [0.15, 0.2) is 5.82 Å². The molecule has 2 fully saturated rings. The first-order chi connectivity index (χ1) is 18.4. The van der Waals surface area contributed by atoms with Crippen molar-refractivity contribution in [2.75, 3.05) is 49.2 Å². The molecule has 0 amide bonds. The third-order valence-corrected chi connectivity index (χ3v) is 7.92. The number of hydrogen-bond donors (Lipinski definition) is 0. The first kappa shape index (κ1) is 26.0. The topological polar surface area (TPSA) is 96.9 Å². The second kappa shape index (κ2) is 11.0. The van der Waals surface area contributed by atoms with Crippen LogP contribution in [0.3, 0.4) is 0 Å². The summed E-state index contributed by atoms with van der Waals surface area (Å²) in [6.07, 6.45) is 5.73. The molecule has 5 rings (SSSR count). The highest BCUT2D eigenvalue weighted by Gasteiger charge is 2.37. The van der Waals surface area contributed by atoms with E-state index >= 15 is 0 Å². The number of aryl methyl sites for hydroxylation is 1. The van der Waals surface area contributed by atoms with Crippen molar-refractivity contribution in [1.29, 1.82) is 0 Å². The van der Waals surface area contributed by atoms with E-state index in [0.717, 1.165) is 44.0 Å². The number of fused-ring (bicyclic) bond motifs is 1. The van der Waals surface area contributed by atoms with Crippen molar-refractivity contribution in [1.82, 2.24) is 29.4 Å². The Hall–Kier alpha value is -3.62. The summed E-state index contributed by atoms with van der Waals surface area (Å²) in [4.78, 5) is 41.6. The number of ether oxygens (including phenoxy) is 1. The molecular formula is C27H35N9O2. The van der Waals surface area contributed by atoms with E-state index in [9.17, 15) is 4.79 Å². The Morgan fingerprint density at radius 3 is 2.45 bits per heavy atom. The smallest absolute Gasteiger partial charge is 0.350 e. The number of nitrogens with zero attached hydrogens (tertiary/aromatic N) is 9. The number of aromatic nitrogens is 5. The highest BCUT2D eigenvalue weighted by Crippen LogP contribution is 2.33. The average molecular weight is 518 g/mol. The quantitative estimate of drug-likeness (QED) is 0.457. The lowest BCUT2D eigenvalue weighted by atomic mass is 9.98. The second-order valence-electron chi connectivity index (χ2n) is 9.99. The molecule has 1 unspecified atom stereocenters. The highest BCUT2D eigenvalue weighted by atomic mass is 16.5. The number of anilines is 2. The van der Waals surface area contributed by atoms with Crippen LogP contribution in [0.4, 0.5) is 17.6 Å². The number of rotatable bonds is 6. The molecule has 0 N–H and O–H groups in total. The molecule has 0 saturated carbocycles. The Bertz CT molecular complexity index is 1380. The molecule has 0 spiro atoms. The van der Waals surface area contributed by atoms with Crippen molar-refractivity contribution in [2.45, 2.75) is 51.7 Å². The Morgan fingerprint density at radius 2 is 1.79 bits per heavy atom. The molecule has 3 atom stereocenters. The van der Waals surface area contributed by atoms with Crippen LogP contribution in [0.1, 0.15) is 45.2 Å². The van der Waals surface area contributed by atoms with Crippen LogP contribution < -0.4 is 15.5 Å². The molecule has 3 aromatic rings. The average Bonchev–Trinajstić information content (AvgIpc) is 2.98. The minimum Gasteiger partial charge on any atom is -0.378 e. The molecule has 0 bridgehead atoms. The van der Waals surface area contributed by atoms with Crippen LogP contribution in [-0.2, 0) is 11.8 Å². The zero-order valence-electron chi connectivity index (χ0n) is 22.5. The second-order valence-corrected chi connectivity index (χ2v) is 9.99. The van der Waals surface area contributed by atoms with E-state index in [1.165, 1.54) is 4.57 Å². The van der Waals surface area contributed by atoms with E-state index in [4.69, 9.17) is 11.3 Å². The van der Waals surface area contributed by atoms with E-state index in [2.05, 4.69) is 60.3 Å². The van der Waals surface area contributed by atoms with Crippen molar-refractivity contribution >= 4 is 28.6 Å². The zero-order valence-corrected chi connectivity index (χ0v) is 22.5. The molecule has 2 aliphatic rings.